The van der Waals surface area contributed by atoms with E-state index in [1.165, 1.54) is 44.9 Å². The van der Waals surface area contributed by atoms with Crippen LogP contribution in [0.25, 0.3) is 22.5 Å². The van der Waals surface area contributed by atoms with Crippen molar-refractivity contribution in [3.63, 3.8) is 0 Å². The second-order valence-corrected chi connectivity index (χ2v) is 7.16. The van der Waals surface area contributed by atoms with Gasteiger partial charge in [0.1, 0.15) is 5.82 Å². The molecule has 2 nitrogen and oxygen atoms in total. The standard InChI is InChI=1S/C25H30N2/c1-2-3-4-5-6-7-14-19-25-26-23(21-15-10-8-11-16-21)20-24(27-25)22-17-12-9-13-18-22/h8-13,15-18,20H,2-7,14,19H2,1H3. The van der Waals surface area contributed by atoms with Gasteiger partial charge in [-0.15, -0.1) is 0 Å². The van der Waals surface area contributed by atoms with Gasteiger partial charge in [-0.25, -0.2) is 9.97 Å². The third-order valence-corrected chi connectivity index (χ3v) is 4.92. The molecular formula is C25H30N2. The summed E-state index contributed by atoms with van der Waals surface area (Å²) in [7, 11) is 0. The van der Waals surface area contributed by atoms with Crippen LogP contribution in [0, 0.1) is 0 Å². The lowest BCUT2D eigenvalue weighted by molar-refractivity contribution is 0.584. The molecular weight excluding hydrogens is 328 g/mol. The van der Waals surface area contributed by atoms with Crippen LogP contribution in [-0.2, 0) is 6.42 Å². The Morgan fingerprint density at radius 3 is 1.59 bits per heavy atom. The number of rotatable bonds is 10. The average Bonchev–Trinajstić information content (AvgIpc) is 2.74. The first kappa shape index (κ1) is 19.3. The molecule has 0 bridgehead atoms. The third-order valence-electron chi connectivity index (χ3n) is 4.92. The maximum absolute atomic E-state index is 4.87. The first-order valence-electron chi connectivity index (χ1n) is 10.4. The second-order valence-electron chi connectivity index (χ2n) is 7.16. The number of benzene rings is 2. The van der Waals surface area contributed by atoms with E-state index in [0.717, 1.165) is 34.8 Å². The molecule has 0 aliphatic heterocycles. The minimum Gasteiger partial charge on any atom is -0.233 e. The fourth-order valence-electron chi connectivity index (χ4n) is 3.36. The molecule has 0 atom stereocenters. The van der Waals surface area contributed by atoms with Crippen LogP contribution in [0.15, 0.2) is 66.7 Å². The van der Waals surface area contributed by atoms with E-state index in [2.05, 4.69) is 61.5 Å². The van der Waals surface area contributed by atoms with Gasteiger partial charge in [-0.1, -0.05) is 106 Å². The average molecular weight is 359 g/mol. The normalized spacial score (nSPS) is 10.9. The van der Waals surface area contributed by atoms with E-state index < -0.39 is 0 Å². The van der Waals surface area contributed by atoms with Gasteiger partial charge in [-0.3, -0.25) is 0 Å². The lowest BCUT2D eigenvalue weighted by Crippen LogP contribution is -2.00. The first-order chi connectivity index (χ1) is 13.4. The van der Waals surface area contributed by atoms with Crippen molar-refractivity contribution in [2.24, 2.45) is 0 Å². The lowest BCUT2D eigenvalue weighted by atomic mass is 10.1. The number of hydrogen-bond acceptors (Lipinski definition) is 2. The Morgan fingerprint density at radius 1 is 0.593 bits per heavy atom. The minimum atomic E-state index is 0.953. The summed E-state index contributed by atoms with van der Waals surface area (Å²) in [6.45, 7) is 2.27. The SMILES string of the molecule is CCCCCCCCCc1nc(-c2ccccc2)cc(-c2ccccc2)n1. The van der Waals surface area contributed by atoms with Crippen LogP contribution < -0.4 is 0 Å². The monoisotopic (exact) mass is 358 g/mol. The van der Waals surface area contributed by atoms with Crippen molar-refractivity contribution in [2.45, 2.75) is 58.3 Å². The summed E-state index contributed by atoms with van der Waals surface area (Å²) in [6.07, 6.45) is 10.1. The summed E-state index contributed by atoms with van der Waals surface area (Å²) < 4.78 is 0. The van der Waals surface area contributed by atoms with Crippen LogP contribution in [0.3, 0.4) is 0 Å². The van der Waals surface area contributed by atoms with Crippen LogP contribution in [0.5, 0.6) is 0 Å². The number of unbranched alkanes of at least 4 members (excludes halogenated alkanes) is 6. The van der Waals surface area contributed by atoms with Gasteiger partial charge in [-0.2, -0.15) is 0 Å². The van der Waals surface area contributed by atoms with Crippen LogP contribution in [0.4, 0.5) is 0 Å². The maximum atomic E-state index is 4.87. The topological polar surface area (TPSA) is 25.8 Å². The van der Waals surface area contributed by atoms with Crippen molar-refractivity contribution in [1.82, 2.24) is 9.97 Å². The molecule has 27 heavy (non-hydrogen) atoms. The molecule has 2 heteroatoms. The molecule has 0 saturated heterocycles. The van der Waals surface area contributed by atoms with Crippen molar-refractivity contribution >= 4 is 0 Å². The smallest absolute Gasteiger partial charge is 0.129 e. The Bertz CT molecular complexity index is 739. The van der Waals surface area contributed by atoms with Crippen molar-refractivity contribution in [1.29, 1.82) is 0 Å². The van der Waals surface area contributed by atoms with Gasteiger partial charge >= 0.3 is 0 Å². The Balaban J connectivity index is 1.73. The Labute approximate surface area is 163 Å². The highest BCUT2D eigenvalue weighted by molar-refractivity contribution is 5.67. The number of aryl methyl sites for hydroxylation is 1. The van der Waals surface area contributed by atoms with Gasteiger partial charge in [0.05, 0.1) is 11.4 Å². The Morgan fingerprint density at radius 2 is 1.07 bits per heavy atom. The van der Waals surface area contributed by atoms with Crippen LogP contribution in [0.1, 0.15) is 57.7 Å². The fraction of sp³-hybridized carbons (Fsp3) is 0.360. The zero-order valence-corrected chi connectivity index (χ0v) is 16.4. The van der Waals surface area contributed by atoms with Gasteiger partial charge in [0.25, 0.3) is 0 Å². The van der Waals surface area contributed by atoms with Gasteiger partial charge in [0.2, 0.25) is 0 Å². The van der Waals surface area contributed by atoms with E-state index in [1.807, 2.05) is 12.1 Å². The molecule has 0 amide bonds. The number of aromatic nitrogens is 2. The predicted octanol–water partition coefficient (Wildman–Crippen LogP) is 7.10. The molecule has 3 aromatic rings. The number of hydrogen-bond donors (Lipinski definition) is 0. The van der Waals surface area contributed by atoms with Crippen molar-refractivity contribution in [3.05, 3.63) is 72.6 Å². The van der Waals surface area contributed by atoms with Crippen LogP contribution in [-0.4, -0.2) is 9.97 Å². The quantitative estimate of drug-likeness (QED) is 0.361. The van der Waals surface area contributed by atoms with Gasteiger partial charge in [-0.05, 0) is 12.5 Å². The summed E-state index contributed by atoms with van der Waals surface area (Å²) >= 11 is 0. The molecule has 0 saturated carbocycles. The van der Waals surface area contributed by atoms with E-state index >= 15 is 0 Å². The van der Waals surface area contributed by atoms with E-state index in [0.29, 0.717) is 0 Å². The van der Waals surface area contributed by atoms with Gasteiger partial charge < -0.3 is 0 Å². The molecule has 0 aliphatic carbocycles. The summed E-state index contributed by atoms with van der Waals surface area (Å²) in [5.41, 5.74) is 4.33. The minimum absolute atomic E-state index is 0.953. The van der Waals surface area contributed by atoms with Crippen molar-refractivity contribution in [3.8, 4) is 22.5 Å². The van der Waals surface area contributed by atoms with E-state index in [4.69, 9.17) is 9.97 Å². The summed E-state index contributed by atoms with van der Waals surface area (Å²) in [6, 6.07) is 22.9. The molecule has 1 aromatic heterocycles. The largest absolute Gasteiger partial charge is 0.233 e. The highest BCUT2D eigenvalue weighted by Gasteiger charge is 2.08. The van der Waals surface area contributed by atoms with Gasteiger partial charge in [0.15, 0.2) is 0 Å². The Hall–Kier alpha value is -2.48. The highest BCUT2D eigenvalue weighted by Crippen LogP contribution is 2.24. The predicted molar refractivity (Wildman–Crippen MR) is 115 cm³/mol. The van der Waals surface area contributed by atoms with Crippen molar-refractivity contribution in [2.75, 3.05) is 0 Å². The molecule has 0 aliphatic rings. The molecule has 0 N–H and O–H groups in total. The second kappa shape index (κ2) is 10.6. The van der Waals surface area contributed by atoms with Gasteiger partial charge in [0, 0.05) is 17.5 Å². The van der Waals surface area contributed by atoms with E-state index in [1.54, 1.807) is 0 Å². The molecule has 1 heterocycles. The number of nitrogens with zero attached hydrogens (tertiary/aromatic N) is 2. The first-order valence-corrected chi connectivity index (χ1v) is 10.4. The van der Waals surface area contributed by atoms with E-state index in [-0.39, 0.29) is 0 Å². The Kier molecular flexibility index (Phi) is 7.58. The van der Waals surface area contributed by atoms with E-state index in [9.17, 15) is 0 Å². The molecule has 0 radical (unpaired) electrons. The zero-order valence-electron chi connectivity index (χ0n) is 16.4. The zero-order chi connectivity index (χ0) is 18.7. The molecule has 140 valence electrons. The molecule has 2 aromatic carbocycles. The lowest BCUT2D eigenvalue weighted by Gasteiger charge is -2.09. The molecule has 0 spiro atoms. The van der Waals surface area contributed by atoms with Crippen LogP contribution >= 0.6 is 0 Å². The van der Waals surface area contributed by atoms with Crippen molar-refractivity contribution < 1.29 is 0 Å². The third kappa shape index (κ3) is 6.02. The maximum Gasteiger partial charge on any atom is 0.129 e. The summed E-state index contributed by atoms with van der Waals surface area (Å²) in [4.78, 5) is 9.73. The van der Waals surface area contributed by atoms with Crippen LogP contribution in [0.2, 0.25) is 0 Å². The molecule has 3 rings (SSSR count). The molecule has 0 unspecified atom stereocenters. The molecule has 0 fully saturated rings. The summed E-state index contributed by atoms with van der Waals surface area (Å²) in [5, 5.41) is 0. The highest BCUT2D eigenvalue weighted by atomic mass is 14.9. The summed E-state index contributed by atoms with van der Waals surface area (Å²) in [5.74, 6) is 0.962. The fourth-order valence-corrected chi connectivity index (χ4v) is 3.36.